The average molecular weight is 408 g/mol. The summed E-state index contributed by atoms with van der Waals surface area (Å²) < 4.78 is 34.5. The van der Waals surface area contributed by atoms with Crippen LogP contribution in [0.4, 0.5) is 5.69 Å². The first-order chi connectivity index (χ1) is 12.9. The summed E-state index contributed by atoms with van der Waals surface area (Å²) in [6.07, 6.45) is 1.50. The number of amides is 1. The summed E-state index contributed by atoms with van der Waals surface area (Å²) in [4.78, 5) is 14.8. The molecule has 2 aromatic rings. The molecule has 1 atom stereocenters. The lowest BCUT2D eigenvalue weighted by molar-refractivity contribution is 0.0979. The maximum atomic E-state index is 13.4. The third-order valence-corrected chi connectivity index (χ3v) is 5.79. The van der Waals surface area contributed by atoms with Crippen LogP contribution in [0, 0.1) is 0 Å². The van der Waals surface area contributed by atoms with Gasteiger partial charge in [-0.3, -0.25) is 4.79 Å². The smallest absolute Gasteiger partial charge is 0.262 e. The van der Waals surface area contributed by atoms with E-state index in [9.17, 15) is 13.2 Å². The van der Waals surface area contributed by atoms with Crippen LogP contribution >= 0.6 is 11.6 Å². The van der Waals surface area contributed by atoms with Crippen LogP contribution in [0.15, 0.2) is 53.9 Å². The Labute approximate surface area is 162 Å². The minimum absolute atomic E-state index is 0.197. The predicted octanol–water partition coefficient (Wildman–Crippen LogP) is 3.31. The number of benzene rings is 2. The molecule has 0 saturated carbocycles. The second kappa shape index (κ2) is 7.62. The van der Waals surface area contributed by atoms with Gasteiger partial charge >= 0.3 is 0 Å². The zero-order valence-corrected chi connectivity index (χ0v) is 16.3. The fraction of sp³-hybridized carbons (Fsp3) is 0.211. The molecule has 0 aliphatic carbocycles. The van der Waals surface area contributed by atoms with Crippen molar-refractivity contribution in [2.75, 3.05) is 24.9 Å². The third kappa shape index (κ3) is 3.94. The molecule has 8 heteroatoms. The number of hydrogen-bond donors (Lipinski definition) is 0. The number of nitrogens with zero attached hydrogens (tertiary/aromatic N) is 1. The Kier molecular flexibility index (Phi) is 5.43. The van der Waals surface area contributed by atoms with Crippen molar-refractivity contribution < 1.29 is 22.7 Å². The zero-order chi connectivity index (χ0) is 19.6. The number of sulfone groups is 1. The predicted molar refractivity (Wildman–Crippen MR) is 105 cm³/mol. The van der Waals surface area contributed by atoms with Gasteiger partial charge in [0.2, 0.25) is 0 Å². The van der Waals surface area contributed by atoms with Gasteiger partial charge < -0.3 is 14.4 Å². The van der Waals surface area contributed by atoms with E-state index in [0.29, 0.717) is 16.5 Å². The number of ether oxygens (including phenoxy) is 2. The Morgan fingerprint density at radius 1 is 1.15 bits per heavy atom. The molecule has 0 saturated heterocycles. The highest BCUT2D eigenvalue weighted by Crippen LogP contribution is 2.34. The maximum Gasteiger partial charge on any atom is 0.262 e. The third-order valence-electron chi connectivity index (χ3n) is 4.18. The van der Waals surface area contributed by atoms with Crippen molar-refractivity contribution in [2.24, 2.45) is 0 Å². The normalized spacial score (nSPS) is 17.5. The number of carbonyl (C=O) groups excluding carboxylic acids is 1. The topological polar surface area (TPSA) is 72.9 Å². The van der Waals surface area contributed by atoms with Crippen molar-refractivity contribution in [3.05, 3.63) is 64.5 Å². The van der Waals surface area contributed by atoms with E-state index in [0.717, 1.165) is 5.41 Å². The molecule has 3 rings (SSSR count). The lowest BCUT2D eigenvalue weighted by Crippen LogP contribution is -2.41. The standard InChI is InChI=1S/C19H18ClNO5S/c1-25-17-8-4-7-16(18(17)26-2)19(22)21(14-6-3-5-13(20)11-14)15-9-10-27(23,24)12-15/h3-11,15H,12H2,1-2H3/t15-/m1/s1. The van der Waals surface area contributed by atoms with E-state index < -0.39 is 21.8 Å². The maximum absolute atomic E-state index is 13.4. The van der Waals surface area contributed by atoms with Crippen molar-refractivity contribution in [3.63, 3.8) is 0 Å². The Hall–Kier alpha value is -2.51. The fourth-order valence-electron chi connectivity index (χ4n) is 2.99. The second-order valence-corrected chi connectivity index (χ2v) is 8.29. The molecule has 0 unspecified atom stereocenters. The Morgan fingerprint density at radius 3 is 2.48 bits per heavy atom. The van der Waals surface area contributed by atoms with Crippen molar-refractivity contribution in [2.45, 2.75) is 6.04 Å². The van der Waals surface area contributed by atoms with E-state index in [1.54, 1.807) is 42.5 Å². The first-order valence-corrected chi connectivity index (χ1v) is 10.2. The van der Waals surface area contributed by atoms with Crippen molar-refractivity contribution in [3.8, 4) is 11.5 Å². The molecule has 2 aromatic carbocycles. The molecule has 1 heterocycles. The van der Waals surface area contributed by atoms with E-state index in [1.807, 2.05) is 0 Å². The van der Waals surface area contributed by atoms with Crippen LogP contribution in [-0.2, 0) is 9.84 Å². The van der Waals surface area contributed by atoms with E-state index in [4.69, 9.17) is 21.1 Å². The number of rotatable bonds is 5. The molecule has 1 aliphatic rings. The van der Waals surface area contributed by atoms with Crippen LogP contribution in [0.3, 0.4) is 0 Å². The summed E-state index contributed by atoms with van der Waals surface area (Å²) in [6, 6.07) is 11.0. The summed E-state index contributed by atoms with van der Waals surface area (Å²) in [5.74, 6) is 0.0722. The highest BCUT2D eigenvalue weighted by molar-refractivity contribution is 7.94. The van der Waals surface area contributed by atoms with Gasteiger partial charge in [0.15, 0.2) is 21.3 Å². The molecule has 0 fully saturated rings. The van der Waals surface area contributed by atoms with Gasteiger partial charge in [-0.05, 0) is 36.4 Å². The molecular weight excluding hydrogens is 390 g/mol. The number of para-hydroxylation sites is 1. The Morgan fingerprint density at radius 2 is 1.89 bits per heavy atom. The van der Waals surface area contributed by atoms with Crippen LogP contribution in [-0.4, -0.2) is 40.3 Å². The molecule has 0 radical (unpaired) electrons. The quantitative estimate of drug-likeness (QED) is 0.760. The van der Waals surface area contributed by atoms with Crippen LogP contribution in [0.1, 0.15) is 10.4 Å². The van der Waals surface area contributed by atoms with Crippen LogP contribution in [0.5, 0.6) is 11.5 Å². The minimum atomic E-state index is -3.37. The molecule has 1 amide bonds. The van der Waals surface area contributed by atoms with Gasteiger partial charge in [-0.2, -0.15) is 0 Å². The first kappa shape index (κ1) is 19.3. The molecule has 1 aliphatic heterocycles. The van der Waals surface area contributed by atoms with Gasteiger partial charge in [0.1, 0.15) is 0 Å². The first-order valence-electron chi connectivity index (χ1n) is 8.07. The molecule has 0 N–H and O–H groups in total. The van der Waals surface area contributed by atoms with E-state index in [-0.39, 0.29) is 17.1 Å². The van der Waals surface area contributed by atoms with Gasteiger partial charge in [-0.25, -0.2) is 8.42 Å². The number of anilines is 1. The fourth-order valence-corrected chi connectivity index (χ4v) is 4.44. The Bertz CT molecular complexity index is 1000. The molecule has 0 bridgehead atoms. The van der Waals surface area contributed by atoms with Crippen LogP contribution in [0.25, 0.3) is 0 Å². The Balaban J connectivity index is 2.11. The summed E-state index contributed by atoms with van der Waals surface area (Å²) in [6.45, 7) is 0. The molecule has 0 spiro atoms. The number of carbonyl (C=O) groups is 1. The second-order valence-electron chi connectivity index (χ2n) is 5.92. The largest absolute Gasteiger partial charge is 0.493 e. The highest BCUT2D eigenvalue weighted by atomic mass is 35.5. The highest BCUT2D eigenvalue weighted by Gasteiger charge is 2.33. The van der Waals surface area contributed by atoms with Crippen LogP contribution in [0.2, 0.25) is 5.02 Å². The molecular formula is C19H18ClNO5S. The van der Waals surface area contributed by atoms with Crippen molar-refractivity contribution >= 4 is 33.0 Å². The SMILES string of the molecule is COc1cccc(C(=O)N(c2cccc(Cl)c2)[C@@H]2C=CS(=O)(=O)C2)c1OC. The van der Waals surface area contributed by atoms with E-state index in [2.05, 4.69) is 0 Å². The summed E-state index contributed by atoms with van der Waals surface area (Å²) in [5, 5.41) is 1.57. The molecule has 6 nitrogen and oxygen atoms in total. The summed E-state index contributed by atoms with van der Waals surface area (Å²) in [7, 11) is -0.444. The van der Waals surface area contributed by atoms with Crippen molar-refractivity contribution in [1.29, 1.82) is 0 Å². The van der Waals surface area contributed by atoms with E-state index >= 15 is 0 Å². The monoisotopic (exact) mass is 407 g/mol. The van der Waals surface area contributed by atoms with Gasteiger partial charge in [0, 0.05) is 16.1 Å². The summed E-state index contributed by atoms with van der Waals surface area (Å²) >= 11 is 6.09. The molecule has 0 aromatic heterocycles. The number of hydrogen-bond acceptors (Lipinski definition) is 5. The van der Waals surface area contributed by atoms with Gasteiger partial charge in [-0.15, -0.1) is 0 Å². The number of methoxy groups -OCH3 is 2. The molecule has 27 heavy (non-hydrogen) atoms. The van der Waals surface area contributed by atoms with Crippen LogP contribution < -0.4 is 14.4 Å². The average Bonchev–Trinajstić information content (AvgIpc) is 3.00. The minimum Gasteiger partial charge on any atom is -0.493 e. The van der Waals surface area contributed by atoms with Gasteiger partial charge in [0.05, 0.1) is 31.6 Å². The lowest BCUT2D eigenvalue weighted by atomic mass is 10.1. The van der Waals surface area contributed by atoms with Gasteiger partial charge in [0.25, 0.3) is 5.91 Å². The summed E-state index contributed by atoms with van der Waals surface area (Å²) in [5.41, 5.74) is 0.749. The number of halogens is 1. The van der Waals surface area contributed by atoms with Gasteiger partial charge in [-0.1, -0.05) is 23.7 Å². The van der Waals surface area contributed by atoms with Crippen molar-refractivity contribution in [1.82, 2.24) is 0 Å². The lowest BCUT2D eigenvalue weighted by Gasteiger charge is -2.28. The molecule has 142 valence electrons. The zero-order valence-electron chi connectivity index (χ0n) is 14.8. The van der Waals surface area contributed by atoms with E-state index in [1.165, 1.54) is 25.2 Å².